The van der Waals surface area contributed by atoms with Crippen LogP contribution in [0.3, 0.4) is 0 Å². The van der Waals surface area contributed by atoms with Gasteiger partial charge in [0.15, 0.2) is 0 Å². The van der Waals surface area contributed by atoms with Gasteiger partial charge in [0.1, 0.15) is 5.54 Å². The lowest BCUT2D eigenvalue weighted by atomic mass is 10.0. The van der Waals surface area contributed by atoms with Crippen LogP contribution >= 0.6 is 9.24 Å². The minimum absolute atomic E-state index is 0.102. The maximum atomic E-state index is 13.1. The van der Waals surface area contributed by atoms with Crippen molar-refractivity contribution in [3.63, 3.8) is 0 Å². The molecule has 10 heteroatoms. The van der Waals surface area contributed by atoms with Gasteiger partial charge in [0.25, 0.3) is 5.91 Å². The van der Waals surface area contributed by atoms with Gasteiger partial charge in [0, 0.05) is 23.7 Å². The number of hydrogen-bond acceptors (Lipinski definition) is 5. The van der Waals surface area contributed by atoms with Crippen LogP contribution in [-0.2, 0) is 17.9 Å². The molecule has 0 spiro atoms. The molecule has 3 amide bonds. The molecule has 158 valence electrons. The predicted molar refractivity (Wildman–Crippen MR) is 118 cm³/mol. The second-order valence-electron chi connectivity index (χ2n) is 7.79. The van der Waals surface area contributed by atoms with Crippen LogP contribution in [0.1, 0.15) is 33.4 Å². The summed E-state index contributed by atoms with van der Waals surface area (Å²) >= 11 is 0. The van der Waals surface area contributed by atoms with E-state index in [1.807, 2.05) is 6.92 Å². The Morgan fingerprint density at radius 3 is 2.53 bits per heavy atom. The second-order valence-corrected chi connectivity index (χ2v) is 8.66. The zero-order valence-corrected chi connectivity index (χ0v) is 18.5. The number of anilines is 1. The van der Waals surface area contributed by atoms with Gasteiger partial charge in [-0.05, 0) is 44.6 Å². The Morgan fingerprint density at radius 1 is 1.23 bits per heavy atom. The van der Waals surface area contributed by atoms with E-state index in [1.165, 1.54) is 17.2 Å². The molecule has 1 unspecified atom stereocenters. The molecule has 0 aliphatic carbocycles. The highest BCUT2D eigenvalue weighted by molar-refractivity contribution is 7.22. The normalized spacial score (nSPS) is 16.8. The average molecular weight is 428 g/mol. The van der Waals surface area contributed by atoms with Crippen molar-refractivity contribution in [2.75, 3.05) is 4.90 Å². The predicted octanol–water partition coefficient (Wildman–Crippen LogP) is 2.51. The highest BCUT2D eigenvalue weighted by Gasteiger charge is 2.52. The topological polar surface area (TPSA) is 115 Å². The number of carbonyl (C=O) groups is 2. The van der Waals surface area contributed by atoms with Crippen LogP contribution in [0, 0.1) is 5.41 Å². The molecule has 0 aromatic carbocycles. The van der Waals surface area contributed by atoms with Gasteiger partial charge in [-0.2, -0.15) is 5.10 Å². The fourth-order valence-electron chi connectivity index (χ4n) is 3.34. The van der Waals surface area contributed by atoms with Crippen LogP contribution < -0.4 is 10.5 Å². The van der Waals surface area contributed by atoms with Gasteiger partial charge in [0.05, 0.1) is 25.0 Å². The SMILES string of the molecule is CC(=N)C(Cn1cc(N2C(=O)N(Cc3cccc(=O)[nH]3)C(C)(C)C2=O)cn1)=C(C)P. The monoisotopic (exact) mass is 428 g/mol. The number of hydrogen-bond donors (Lipinski definition) is 2. The van der Waals surface area contributed by atoms with Crippen molar-refractivity contribution in [1.82, 2.24) is 19.7 Å². The van der Waals surface area contributed by atoms with Crippen LogP contribution in [0.2, 0.25) is 0 Å². The summed E-state index contributed by atoms with van der Waals surface area (Å²) in [6.07, 6.45) is 3.09. The molecule has 0 radical (unpaired) electrons. The van der Waals surface area contributed by atoms with Crippen molar-refractivity contribution in [2.24, 2.45) is 0 Å². The third-order valence-electron chi connectivity index (χ3n) is 5.11. The zero-order valence-electron chi connectivity index (χ0n) is 17.4. The Kier molecular flexibility index (Phi) is 5.76. The minimum atomic E-state index is -1.08. The molecule has 1 fully saturated rings. The summed E-state index contributed by atoms with van der Waals surface area (Å²) < 4.78 is 1.60. The number of imide groups is 1. The Hall–Kier alpha value is -3.06. The highest BCUT2D eigenvalue weighted by atomic mass is 31.0. The smallest absolute Gasteiger partial charge is 0.324 e. The van der Waals surface area contributed by atoms with Gasteiger partial charge in [0.2, 0.25) is 5.56 Å². The van der Waals surface area contributed by atoms with E-state index in [2.05, 4.69) is 19.3 Å². The fourth-order valence-corrected chi connectivity index (χ4v) is 3.65. The molecule has 2 aromatic heterocycles. The van der Waals surface area contributed by atoms with Gasteiger partial charge in [-0.25, -0.2) is 9.69 Å². The first-order valence-corrected chi connectivity index (χ1v) is 9.97. The first-order chi connectivity index (χ1) is 14.0. The summed E-state index contributed by atoms with van der Waals surface area (Å²) in [5.74, 6) is -0.369. The van der Waals surface area contributed by atoms with Gasteiger partial charge < -0.3 is 15.3 Å². The number of aromatic nitrogens is 3. The van der Waals surface area contributed by atoms with Crippen molar-refractivity contribution >= 4 is 32.6 Å². The summed E-state index contributed by atoms with van der Waals surface area (Å²) in [5, 5.41) is 13.1. The van der Waals surface area contributed by atoms with Crippen molar-refractivity contribution in [1.29, 1.82) is 5.41 Å². The van der Waals surface area contributed by atoms with Gasteiger partial charge >= 0.3 is 6.03 Å². The summed E-state index contributed by atoms with van der Waals surface area (Å²) in [5.41, 5.74) is 0.794. The molecular formula is C20H25N6O3P. The van der Waals surface area contributed by atoms with Crippen LogP contribution in [0.4, 0.5) is 10.5 Å². The molecule has 1 atom stereocenters. The molecule has 1 saturated heterocycles. The van der Waals surface area contributed by atoms with Crippen LogP contribution in [0.5, 0.6) is 0 Å². The lowest BCUT2D eigenvalue weighted by Crippen LogP contribution is -2.44. The number of carbonyl (C=O) groups excluding carboxylic acids is 2. The van der Waals surface area contributed by atoms with E-state index < -0.39 is 11.6 Å². The summed E-state index contributed by atoms with van der Waals surface area (Å²) in [6.45, 7) is 7.41. The van der Waals surface area contributed by atoms with Gasteiger partial charge in [-0.15, -0.1) is 9.24 Å². The number of H-pyrrole nitrogens is 1. The lowest BCUT2D eigenvalue weighted by Gasteiger charge is -2.27. The first-order valence-electron chi connectivity index (χ1n) is 9.40. The summed E-state index contributed by atoms with van der Waals surface area (Å²) in [7, 11) is 2.58. The number of rotatable bonds is 6. The molecule has 30 heavy (non-hydrogen) atoms. The number of nitrogens with zero attached hydrogens (tertiary/aromatic N) is 4. The summed E-state index contributed by atoms with van der Waals surface area (Å²) in [4.78, 5) is 43.0. The summed E-state index contributed by atoms with van der Waals surface area (Å²) in [6, 6.07) is 4.22. The third kappa shape index (κ3) is 3.98. The lowest BCUT2D eigenvalue weighted by molar-refractivity contribution is -0.123. The van der Waals surface area contributed by atoms with E-state index in [0.29, 0.717) is 23.6 Å². The minimum Gasteiger partial charge on any atom is -0.324 e. The number of aromatic amines is 1. The molecule has 1 aliphatic rings. The number of nitrogens with one attached hydrogen (secondary N) is 2. The van der Waals surface area contributed by atoms with E-state index in [9.17, 15) is 14.4 Å². The molecule has 3 heterocycles. The Labute approximate surface area is 176 Å². The first kappa shape index (κ1) is 21.6. The van der Waals surface area contributed by atoms with Crippen LogP contribution in [0.15, 0.2) is 46.3 Å². The van der Waals surface area contributed by atoms with Gasteiger partial charge in [-0.1, -0.05) is 6.07 Å². The number of amides is 3. The molecule has 1 aliphatic heterocycles. The maximum Gasteiger partial charge on any atom is 0.332 e. The van der Waals surface area contributed by atoms with Crippen LogP contribution in [-0.4, -0.2) is 42.9 Å². The maximum absolute atomic E-state index is 13.1. The molecule has 2 aromatic rings. The quantitative estimate of drug-likeness (QED) is 0.418. The van der Waals surface area contributed by atoms with Crippen molar-refractivity contribution in [3.8, 4) is 0 Å². The van der Waals surface area contributed by atoms with Crippen molar-refractivity contribution in [3.05, 3.63) is 57.5 Å². The highest BCUT2D eigenvalue weighted by Crippen LogP contribution is 2.33. The Bertz CT molecular complexity index is 1110. The number of allylic oxidation sites excluding steroid dienone is 2. The molecular weight excluding hydrogens is 403 g/mol. The fraction of sp³-hybridized carbons (Fsp3) is 0.350. The van der Waals surface area contributed by atoms with E-state index >= 15 is 0 Å². The van der Waals surface area contributed by atoms with Crippen LogP contribution in [0.25, 0.3) is 0 Å². The molecule has 2 N–H and O–H groups in total. The molecule has 3 rings (SSSR count). The Morgan fingerprint density at radius 2 is 1.93 bits per heavy atom. The molecule has 9 nitrogen and oxygen atoms in total. The second kappa shape index (κ2) is 7.99. The largest absolute Gasteiger partial charge is 0.332 e. The Balaban J connectivity index is 1.88. The van der Waals surface area contributed by atoms with E-state index in [-0.39, 0.29) is 18.0 Å². The standard InChI is InChI=1S/C20H25N6O3P/c1-12(21)16(13(2)30)11-24-10-15(8-22-24)26-18(28)20(3,4)25(19(26)29)9-14-6-5-7-17(27)23-14/h5-8,10,21H,9,11,30H2,1-4H3,(H,23,27). The number of urea groups is 1. The van der Waals surface area contributed by atoms with Crippen molar-refractivity contribution < 1.29 is 9.59 Å². The number of pyridine rings is 1. The van der Waals surface area contributed by atoms with E-state index in [0.717, 1.165) is 15.8 Å². The van der Waals surface area contributed by atoms with E-state index in [4.69, 9.17) is 5.41 Å². The average Bonchev–Trinajstić information content (AvgIpc) is 3.17. The molecule has 0 bridgehead atoms. The third-order valence-corrected chi connectivity index (χ3v) is 5.46. The van der Waals surface area contributed by atoms with Gasteiger partial charge in [-0.3, -0.25) is 14.3 Å². The molecule has 0 saturated carbocycles. The van der Waals surface area contributed by atoms with E-state index in [1.54, 1.807) is 43.8 Å². The zero-order chi connectivity index (χ0) is 22.2. The van der Waals surface area contributed by atoms with Crippen molar-refractivity contribution in [2.45, 2.75) is 46.3 Å².